The summed E-state index contributed by atoms with van der Waals surface area (Å²) in [5.74, 6) is 0.617. The van der Waals surface area contributed by atoms with E-state index in [0.29, 0.717) is 22.7 Å². The zero-order valence-corrected chi connectivity index (χ0v) is 15.2. The van der Waals surface area contributed by atoms with Gasteiger partial charge in [-0.2, -0.15) is 4.80 Å². The summed E-state index contributed by atoms with van der Waals surface area (Å²) in [6, 6.07) is 12.5. The molecule has 140 valence electrons. The molecule has 0 saturated heterocycles. The third-order valence-electron chi connectivity index (χ3n) is 3.89. The van der Waals surface area contributed by atoms with Gasteiger partial charge in [0, 0.05) is 11.1 Å². The maximum atomic E-state index is 11.1. The maximum absolute atomic E-state index is 11.1. The van der Waals surface area contributed by atoms with Crippen LogP contribution in [0, 0.1) is 13.8 Å². The number of nitrogens with two attached hydrogens (primary N) is 1. The minimum Gasteiger partial charge on any atom is -0.491 e. The van der Waals surface area contributed by atoms with E-state index in [9.17, 15) is 9.90 Å². The molecule has 1 atom stereocenters. The largest absolute Gasteiger partial charge is 0.491 e. The van der Waals surface area contributed by atoms with Gasteiger partial charge in [0.15, 0.2) is 0 Å². The van der Waals surface area contributed by atoms with Crippen LogP contribution < -0.4 is 10.5 Å². The summed E-state index contributed by atoms with van der Waals surface area (Å²) in [5.41, 5.74) is 8.53. The van der Waals surface area contributed by atoms with Gasteiger partial charge in [0.05, 0.1) is 6.54 Å². The van der Waals surface area contributed by atoms with Crippen LogP contribution in [0.1, 0.15) is 21.5 Å². The molecule has 1 aromatic heterocycles. The van der Waals surface area contributed by atoms with E-state index in [-0.39, 0.29) is 13.2 Å². The lowest BCUT2D eigenvalue weighted by Crippen LogP contribution is -2.25. The van der Waals surface area contributed by atoms with E-state index < -0.39 is 12.0 Å². The van der Waals surface area contributed by atoms with Gasteiger partial charge >= 0.3 is 0 Å². The molecule has 0 fully saturated rings. The van der Waals surface area contributed by atoms with Crippen molar-refractivity contribution in [2.75, 3.05) is 6.61 Å². The number of aliphatic hydroxyl groups is 1. The molecule has 0 aliphatic carbocycles. The van der Waals surface area contributed by atoms with Gasteiger partial charge in [0.1, 0.15) is 18.5 Å². The third-order valence-corrected chi connectivity index (χ3v) is 3.89. The van der Waals surface area contributed by atoms with Crippen molar-refractivity contribution in [1.29, 1.82) is 0 Å². The number of aliphatic hydroxyl groups excluding tert-OH is 1. The number of carbonyl (C=O) groups excluding carboxylic acids is 1. The minimum atomic E-state index is -0.787. The van der Waals surface area contributed by atoms with Crippen molar-refractivity contribution >= 4 is 5.91 Å². The summed E-state index contributed by atoms with van der Waals surface area (Å²) in [5, 5.41) is 22.3. The van der Waals surface area contributed by atoms with Crippen molar-refractivity contribution in [3.8, 4) is 17.1 Å². The fourth-order valence-corrected chi connectivity index (χ4v) is 2.67. The Morgan fingerprint density at radius 2 is 1.85 bits per heavy atom. The fourth-order valence-electron chi connectivity index (χ4n) is 2.67. The number of nitrogens with zero attached hydrogens (tertiary/aromatic N) is 4. The zero-order valence-electron chi connectivity index (χ0n) is 15.2. The molecule has 0 spiro atoms. The van der Waals surface area contributed by atoms with Crippen molar-refractivity contribution in [3.63, 3.8) is 0 Å². The second-order valence-electron chi connectivity index (χ2n) is 6.40. The number of amides is 1. The van der Waals surface area contributed by atoms with Crippen LogP contribution in [0.3, 0.4) is 0 Å². The molecule has 0 saturated carbocycles. The summed E-state index contributed by atoms with van der Waals surface area (Å²) >= 11 is 0. The highest BCUT2D eigenvalue weighted by atomic mass is 16.5. The van der Waals surface area contributed by atoms with Gasteiger partial charge in [-0.3, -0.25) is 4.79 Å². The second-order valence-corrected chi connectivity index (χ2v) is 6.40. The number of ether oxygens (including phenoxy) is 1. The topological polar surface area (TPSA) is 116 Å². The summed E-state index contributed by atoms with van der Waals surface area (Å²) in [7, 11) is 0. The van der Waals surface area contributed by atoms with E-state index in [0.717, 1.165) is 11.1 Å². The van der Waals surface area contributed by atoms with E-state index in [1.54, 1.807) is 24.3 Å². The highest BCUT2D eigenvalue weighted by Gasteiger charge is 2.12. The summed E-state index contributed by atoms with van der Waals surface area (Å²) < 4.78 is 5.65. The maximum Gasteiger partial charge on any atom is 0.248 e. The quantitative estimate of drug-likeness (QED) is 0.654. The van der Waals surface area contributed by atoms with E-state index in [4.69, 9.17) is 10.5 Å². The molecule has 0 aliphatic rings. The van der Waals surface area contributed by atoms with Crippen LogP contribution in [0.5, 0.6) is 5.75 Å². The summed E-state index contributed by atoms with van der Waals surface area (Å²) in [6.07, 6.45) is -0.787. The number of tetrazole rings is 1. The molecule has 0 bridgehead atoms. The van der Waals surface area contributed by atoms with Gasteiger partial charge < -0.3 is 15.6 Å². The molecule has 3 rings (SSSR count). The Morgan fingerprint density at radius 1 is 1.19 bits per heavy atom. The molecule has 8 nitrogen and oxygen atoms in total. The van der Waals surface area contributed by atoms with Crippen LogP contribution >= 0.6 is 0 Å². The number of primary amides is 1. The van der Waals surface area contributed by atoms with Crippen LogP contribution in [-0.4, -0.2) is 43.9 Å². The highest BCUT2D eigenvalue weighted by Crippen LogP contribution is 2.17. The first kappa shape index (κ1) is 18.5. The van der Waals surface area contributed by atoms with Crippen LogP contribution in [0.2, 0.25) is 0 Å². The number of hydrogen-bond donors (Lipinski definition) is 2. The second kappa shape index (κ2) is 7.96. The highest BCUT2D eigenvalue weighted by molar-refractivity contribution is 5.93. The lowest BCUT2D eigenvalue weighted by molar-refractivity contribution is 0.0849. The Kier molecular flexibility index (Phi) is 5.46. The average Bonchev–Trinajstić information content (AvgIpc) is 3.07. The first-order valence-corrected chi connectivity index (χ1v) is 8.48. The number of carbonyl (C=O) groups is 1. The van der Waals surface area contributed by atoms with Gasteiger partial charge in [-0.05, 0) is 54.5 Å². The predicted molar refractivity (Wildman–Crippen MR) is 99.2 cm³/mol. The summed E-state index contributed by atoms with van der Waals surface area (Å²) in [6.45, 7) is 4.25. The lowest BCUT2D eigenvalue weighted by atomic mass is 10.1. The molecule has 1 amide bonds. The standard InChI is InChI=1S/C19H21N5O3/c1-12-7-13(2)9-17(8-12)27-11-16(25)10-24-22-19(21-23-24)15-5-3-14(4-6-15)18(20)26/h3-9,16,25H,10-11H2,1-2H3,(H2,20,26). The van der Waals surface area contributed by atoms with Crippen molar-refractivity contribution in [2.24, 2.45) is 5.73 Å². The Morgan fingerprint density at radius 3 is 2.48 bits per heavy atom. The molecular formula is C19H21N5O3. The SMILES string of the molecule is Cc1cc(C)cc(OCC(O)Cn2nnc(-c3ccc(C(N)=O)cc3)n2)c1. The van der Waals surface area contributed by atoms with Crippen molar-refractivity contribution in [2.45, 2.75) is 26.5 Å². The predicted octanol–water partition coefficient (Wildman–Crippen LogP) is 1.50. The van der Waals surface area contributed by atoms with E-state index in [1.807, 2.05) is 26.0 Å². The van der Waals surface area contributed by atoms with E-state index in [2.05, 4.69) is 21.5 Å². The first-order valence-electron chi connectivity index (χ1n) is 8.48. The smallest absolute Gasteiger partial charge is 0.248 e. The first-order chi connectivity index (χ1) is 12.9. The average molecular weight is 367 g/mol. The third kappa shape index (κ3) is 4.89. The number of aromatic nitrogens is 4. The number of rotatable bonds is 7. The molecular weight excluding hydrogens is 346 g/mol. The van der Waals surface area contributed by atoms with Gasteiger partial charge in [0.2, 0.25) is 11.7 Å². The minimum absolute atomic E-state index is 0.118. The summed E-state index contributed by atoms with van der Waals surface area (Å²) in [4.78, 5) is 12.4. The van der Waals surface area contributed by atoms with Crippen molar-refractivity contribution < 1.29 is 14.6 Å². The number of benzene rings is 2. The molecule has 3 aromatic rings. The van der Waals surface area contributed by atoms with Crippen LogP contribution in [0.4, 0.5) is 0 Å². The molecule has 1 unspecified atom stereocenters. The molecule has 0 radical (unpaired) electrons. The van der Waals surface area contributed by atoms with E-state index in [1.165, 1.54) is 4.80 Å². The van der Waals surface area contributed by atoms with E-state index >= 15 is 0 Å². The fraction of sp³-hybridized carbons (Fsp3) is 0.263. The van der Waals surface area contributed by atoms with Crippen LogP contribution in [-0.2, 0) is 6.54 Å². The van der Waals surface area contributed by atoms with Crippen molar-refractivity contribution in [1.82, 2.24) is 20.2 Å². The van der Waals surface area contributed by atoms with Gasteiger partial charge in [-0.25, -0.2) is 0 Å². The molecule has 2 aromatic carbocycles. The number of hydrogen-bond acceptors (Lipinski definition) is 6. The molecule has 8 heteroatoms. The van der Waals surface area contributed by atoms with Gasteiger partial charge in [0.25, 0.3) is 0 Å². The van der Waals surface area contributed by atoms with Gasteiger partial charge in [-0.1, -0.05) is 18.2 Å². The lowest BCUT2D eigenvalue weighted by Gasteiger charge is -2.12. The number of aryl methyl sites for hydroxylation is 2. The van der Waals surface area contributed by atoms with Crippen molar-refractivity contribution in [3.05, 3.63) is 59.2 Å². The molecule has 1 heterocycles. The Balaban J connectivity index is 1.58. The van der Waals surface area contributed by atoms with Crippen LogP contribution in [0.25, 0.3) is 11.4 Å². The Bertz CT molecular complexity index is 917. The molecule has 27 heavy (non-hydrogen) atoms. The Hall–Kier alpha value is -3.26. The molecule has 0 aliphatic heterocycles. The Labute approximate surface area is 156 Å². The zero-order chi connectivity index (χ0) is 19.4. The monoisotopic (exact) mass is 367 g/mol. The van der Waals surface area contributed by atoms with Crippen LogP contribution in [0.15, 0.2) is 42.5 Å². The molecule has 3 N–H and O–H groups in total. The normalized spacial score (nSPS) is 12.0. The van der Waals surface area contributed by atoms with Gasteiger partial charge in [-0.15, -0.1) is 10.2 Å².